The Morgan fingerprint density at radius 1 is 1.47 bits per heavy atom. The van der Waals surface area contributed by atoms with Gasteiger partial charge in [-0.3, -0.25) is 4.90 Å². The van der Waals surface area contributed by atoms with Gasteiger partial charge in [0, 0.05) is 12.1 Å². The fraction of sp³-hybridized carbons (Fsp3) is 0.909. The molecule has 88 valence electrons. The van der Waals surface area contributed by atoms with E-state index in [4.69, 9.17) is 0 Å². The monoisotopic (exact) mass is 214 g/mol. The quantitative estimate of drug-likeness (QED) is 0.699. The summed E-state index contributed by atoms with van der Waals surface area (Å²) in [5.74, 6) is 0.432. The van der Waals surface area contributed by atoms with Gasteiger partial charge in [0.15, 0.2) is 0 Å². The lowest BCUT2D eigenvalue weighted by molar-refractivity contribution is 0.0422. The number of nitrogens with zero attached hydrogens (tertiary/aromatic N) is 1. The molecule has 2 atom stereocenters. The van der Waals surface area contributed by atoms with Gasteiger partial charge < -0.3 is 10.4 Å². The second-order valence-corrected chi connectivity index (χ2v) is 5.36. The molecule has 0 spiro atoms. The van der Waals surface area contributed by atoms with Crippen LogP contribution in [0.1, 0.15) is 34.1 Å². The highest BCUT2D eigenvalue weighted by atomic mass is 16.4. The molecule has 4 heteroatoms. The van der Waals surface area contributed by atoms with Crippen molar-refractivity contribution in [3.8, 4) is 0 Å². The van der Waals surface area contributed by atoms with Crippen molar-refractivity contribution in [2.75, 3.05) is 13.1 Å². The van der Waals surface area contributed by atoms with Crippen LogP contribution < -0.4 is 5.32 Å². The minimum Gasteiger partial charge on any atom is -0.465 e. The average molecular weight is 214 g/mol. The van der Waals surface area contributed by atoms with Gasteiger partial charge in [-0.1, -0.05) is 6.92 Å². The van der Waals surface area contributed by atoms with Gasteiger partial charge in [-0.15, -0.1) is 0 Å². The maximum Gasteiger partial charge on any atom is 0.408 e. The van der Waals surface area contributed by atoms with Crippen molar-refractivity contribution in [3.63, 3.8) is 0 Å². The fourth-order valence-electron chi connectivity index (χ4n) is 2.25. The molecule has 0 aromatic rings. The highest BCUT2D eigenvalue weighted by molar-refractivity contribution is 5.66. The molecule has 4 nitrogen and oxygen atoms in total. The SMILES string of the molecule is C[C@@H]1CCNC[C@H]1N(C(=O)O)C(C)(C)C. The van der Waals surface area contributed by atoms with Crippen LogP contribution in [0.4, 0.5) is 4.79 Å². The topological polar surface area (TPSA) is 52.6 Å². The lowest BCUT2D eigenvalue weighted by Crippen LogP contribution is -2.58. The second-order valence-electron chi connectivity index (χ2n) is 5.36. The molecule has 0 saturated carbocycles. The molecule has 1 heterocycles. The minimum atomic E-state index is -0.817. The number of amides is 1. The third-order valence-corrected chi connectivity index (χ3v) is 3.05. The number of carboxylic acid groups (broad SMARTS) is 1. The second kappa shape index (κ2) is 4.39. The van der Waals surface area contributed by atoms with Crippen LogP contribution in [0.25, 0.3) is 0 Å². The van der Waals surface area contributed by atoms with Crippen LogP contribution >= 0.6 is 0 Å². The summed E-state index contributed by atoms with van der Waals surface area (Å²) in [7, 11) is 0. The van der Waals surface area contributed by atoms with Crippen LogP contribution in [-0.4, -0.2) is 40.8 Å². The molecule has 0 aromatic heterocycles. The van der Waals surface area contributed by atoms with Crippen molar-refractivity contribution in [3.05, 3.63) is 0 Å². The maximum atomic E-state index is 11.3. The van der Waals surface area contributed by atoms with Gasteiger partial charge >= 0.3 is 6.09 Å². The highest BCUT2D eigenvalue weighted by Crippen LogP contribution is 2.25. The molecule has 2 N–H and O–H groups in total. The Morgan fingerprint density at radius 2 is 2.07 bits per heavy atom. The van der Waals surface area contributed by atoms with E-state index in [1.165, 1.54) is 0 Å². The summed E-state index contributed by atoms with van der Waals surface area (Å²) >= 11 is 0. The molecule has 0 aliphatic carbocycles. The number of piperidine rings is 1. The van der Waals surface area contributed by atoms with E-state index in [0.717, 1.165) is 19.5 Å². The molecule has 1 rings (SSSR count). The first-order valence-corrected chi connectivity index (χ1v) is 5.57. The summed E-state index contributed by atoms with van der Waals surface area (Å²) < 4.78 is 0. The minimum absolute atomic E-state index is 0.0937. The van der Waals surface area contributed by atoms with E-state index in [2.05, 4.69) is 12.2 Å². The van der Waals surface area contributed by atoms with Gasteiger partial charge in [0.1, 0.15) is 0 Å². The van der Waals surface area contributed by atoms with E-state index in [9.17, 15) is 9.90 Å². The van der Waals surface area contributed by atoms with Crippen molar-refractivity contribution >= 4 is 6.09 Å². The molecule has 0 radical (unpaired) electrons. The molecular formula is C11H22N2O2. The summed E-state index contributed by atoms with van der Waals surface area (Å²) in [5, 5.41) is 12.5. The standard InChI is InChI=1S/C11H22N2O2/c1-8-5-6-12-7-9(8)13(10(14)15)11(2,3)4/h8-9,12H,5-7H2,1-4H3,(H,14,15)/t8-,9-/m1/s1. The molecule has 0 bridgehead atoms. The molecule has 1 saturated heterocycles. The Kier molecular flexibility index (Phi) is 3.60. The van der Waals surface area contributed by atoms with Crippen LogP contribution in [-0.2, 0) is 0 Å². The zero-order valence-electron chi connectivity index (χ0n) is 10.1. The van der Waals surface area contributed by atoms with Crippen LogP contribution in [0.15, 0.2) is 0 Å². The summed E-state index contributed by atoms with van der Waals surface area (Å²) in [6.07, 6.45) is 0.230. The third-order valence-electron chi connectivity index (χ3n) is 3.05. The predicted octanol–water partition coefficient (Wildman–Crippen LogP) is 1.76. The van der Waals surface area contributed by atoms with Crippen molar-refractivity contribution in [2.45, 2.75) is 45.7 Å². The molecule has 1 fully saturated rings. The normalized spacial score (nSPS) is 27.5. The van der Waals surface area contributed by atoms with Crippen LogP contribution in [0.2, 0.25) is 0 Å². The number of nitrogens with one attached hydrogen (secondary N) is 1. The smallest absolute Gasteiger partial charge is 0.408 e. The first-order chi connectivity index (χ1) is 6.84. The lowest BCUT2D eigenvalue weighted by Gasteiger charge is -2.44. The summed E-state index contributed by atoms with van der Waals surface area (Å²) in [6.45, 7) is 9.74. The predicted molar refractivity (Wildman–Crippen MR) is 60.1 cm³/mol. The maximum absolute atomic E-state index is 11.3. The summed E-state index contributed by atoms with van der Waals surface area (Å²) in [6, 6.07) is 0.0937. The molecule has 0 aromatic carbocycles. The first-order valence-electron chi connectivity index (χ1n) is 5.57. The lowest BCUT2D eigenvalue weighted by atomic mass is 9.90. The van der Waals surface area contributed by atoms with E-state index in [0.29, 0.717) is 5.92 Å². The van der Waals surface area contributed by atoms with Gasteiger partial charge in [-0.05, 0) is 39.7 Å². The number of rotatable bonds is 1. The average Bonchev–Trinajstić information content (AvgIpc) is 2.05. The molecule has 1 amide bonds. The van der Waals surface area contributed by atoms with Crippen molar-refractivity contribution in [1.29, 1.82) is 0 Å². The largest absolute Gasteiger partial charge is 0.465 e. The third kappa shape index (κ3) is 2.84. The van der Waals surface area contributed by atoms with E-state index >= 15 is 0 Å². The first kappa shape index (κ1) is 12.3. The highest BCUT2D eigenvalue weighted by Gasteiger charge is 2.36. The Labute approximate surface area is 91.6 Å². The van der Waals surface area contributed by atoms with Crippen LogP contribution in [0.5, 0.6) is 0 Å². The zero-order chi connectivity index (χ0) is 11.6. The van der Waals surface area contributed by atoms with Crippen molar-refractivity contribution in [2.24, 2.45) is 5.92 Å². The molecule has 1 aliphatic heterocycles. The fourth-order valence-corrected chi connectivity index (χ4v) is 2.25. The van der Waals surface area contributed by atoms with Crippen molar-refractivity contribution in [1.82, 2.24) is 10.2 Å². The molecular weight excluding hydrogens is 192 g/mol. The Morgan fingerprint density at radius 3 is 2.47 bits per heavy atom. The molecule has 0 unspecified atom stereocenters. The Hall–Kier alpha value is -0.770. The van der Waals surface area contributed by atoms with Gasteiger partial charge in [0.05, 0.1) is 6.04 Å². The molecule has 1 aliphatic rings. The van der Waals surface area contributed by atoms with Gasteiger partial charge in [0.2, 0.25) is 0 Å². The summed E-state index contributed by atoms with van der Waals surface area (Å²) in [5.41, 5.74) is -0.330. The Bertz CT molecular complexity index is 235. The Balaban J connectivity index is 2.83. The van der Waals surface area contributed by atoms with E-state index in [1.54, 1.807) is 4.90 Å². The van der Waals surface area contributed by atoms with Crippen LogP contribution in [0.3, 0.4) is 0 Å². The van der Waals surface area contributed by atoms with Crippen LogP contribution in [0, 0.1) is 5.92 Å². The number of hydrogen-bond acceptors (Lipinski definition) is 2. The zero-order valence-corrected chi connectivity index (χ0v) is 10.1. The number of carbonyl (C=O) groups is 1. The van der Waals surface area contributed by atoms with E-state index < -0.39 is 6.09 Å². The van der Waals surface area contributed by atoms with Gasteiger partial charge in [-0.2, -0.15) is 0 Å². The molecule has 15 heavy (non-hydrogen) atoms. The van der Waals surface area contributed by atoms with E-state index in [1.807, 2.05) is 20.8 Å². The number of hydrogen-bond donors (Lipinski definition) is 2. The van der Waals surface area contributed by atoms with Gasteiger partial charge in [-0.25, -0.2) is 4.79 Å². The van der Waals surface area contributed by atoms with Crippen molar-refractivity contribution < 1.29 is 9.90 Å². The summed E-state index contributed by atoms with van der Waals surface area (Å²) in [4.78, 5) is 12.9. The van der Waals surface area contributed by atoms with E-state index in [-0.39, 0.29) is 11.6 Å². The van der Waals surface area contributed by atoms with Gasteiger partial charge in [0.25, 0.3) is 0 Å².